The summed E-state index contributed by atoms with van der Waals surface area (Å²) in [4.78, 5) is 38.1. The van der Waals surface area contributed by atoms with E-state index in [1.807, 2.05) is 5.43 Å². The molecule has 0 aliphatic rings. The molecule has 4 aromatic rings. The molecule has 10 nitrogen and oxygen atoms in total. The lowest BCUT2D eigenvalue weighted by Gasteiger charge is -2.12. The minimum Gasteiger partial charge on any atom is -0.496 e. The maximum absolute atomic E-state index is 14.1. The van der Waals surface area contributed by atoms with Crippen LogP contribution in [0.5, 0.6) is 5.75 Å². The zero-order chi connectivity index (χ0) is 26.5. The number of aromatic nitrogens is 2. The second kappa shape index (κ2) is 10.6. The number of benzene rings is 3. The quantitative estimate of drug-likeness (QED) is 0.293. The zero-order valence-corrected chi connectivity index (χ0v) is 19.2. The van der Waals surface area contributed by atoms with Crippen LogP contribution < -0.4 is 21.0 Å². The predicted octanol–water partition coefficient (Wildman–Crippen LogP) is 3.80. The number of hydrogen-bond acceptors (Lipinski definition) is 5. The summed E-state index contributed by atoms with van der Waals surface area (Å²) in [5.74, 6) is -2.59. The highest BCUT2D eigenvalue weighted by Crippen LogP contribution is 2.35. The first-order valence-corrected chi connectivity index (χ1v) is 10.7. The van der Waals surface area contributed by atoms with Gasteiger partial charge in [-0.3, -0.25) is 20.4 Å². The second-order valence-electron chi connectivity index (χ2n) is 7.53. The molecular formula is C25H19F2N5O5. The smallest absolute Gasteiger partial charge is 0.425 e. The molecule has 4 rings (SSSR count). The van der Waals surface area contributed by atoms with Crippen molar-refractivity contribution in [2.24, 2.45) is 0 Å². The average Bonchev–Trinajstić information content (AvgIpc) is 3.25. The molecule has 4 N–H and O–H groups in total. The summed E-state index contributed by atoms with van der Waals surface area (Å²) in [6.07, 6.45) is -1.55. The molecule has 3 amide bonds. The van der Waals surface area contributed by atoms with Gasteiger partial charge < -0.3 is 9.84 Å². The number of nitrogens with zero attached hydrogens (tertiary/aromatic N) is 2. The van der Waals surface area contributed by atoms with Gasteiger partial charge in [0.1, 0.15) is 23.1 Å². The predicted molar refractivity (Wildman–Crippen MR) is 128 cm³/mol. The lowest BCUT2D eigenvalue weighted by atomic mass is 9.98. The number of methoxy groups -OCH3 is 1. The molecule has 0 spiro atoms. The number of carboxylic acid groups (broad SMARTS) is 1. The van der Waals surface area contributed by atoms with Crippen molar-refractivity contribution < 1.29 is 33.0 Å². The number of rotatable bonds is 6. The molecule has 37 heavy (non-hydrogen) atoms. The van der Waals surface area contributed by atoms with Crippen molar-refractivity contribution in [3.05, 3.63) is 95.7 Å². The van der Waals surface area contributed by atoms with Gasteiger partial charge in [0.15, 0.2) is 5.69 Å². The van der Waals surface area contributed by atoms with Crippen LogP contribution in [-0.4, -0.2) is 40.0 Å². The number of halogens is 2. The Morgan fingerprint density at radius 3 is 2.24 bits per heavy atom. The van der Waals surface area contributed by atoms with Gasteiger partial charge in [0.2, 0.25) is 0 Å². The van der Waals surface area contributed by atoms with Crippen LogP contribution in [-0.2, 0) is 0 Å². The van der Waals surface area contributed by atoms with Gasteiger partial charge in [0.05, 0.1) is 12.7 Å². The SMILES string of the molecule is COc1ccccc1C(=O)NNC(=O)c1c(-c2cccc(F)c2)c(-c2ccc(F)cc2)nn1NC(=O)O. The Morgan fingerprint density at radius 1 is 0.865 bits per heavy atom. The van der Waals surface area contributed by atoms with Crippen LogP contribution in [0.1, 0.15) is 20.8 Å². The van der Waals surface area contributed by atoms with Crippen LogP contribution >= 0.6 is 0 Å². The summed E-state index contributed by atoms with van der Waals surface area (Å²) < 4.78 is 32.8. The molecule has 0 saturated heterocycles. The van der Waals surface area contributed by atoms with Gasteiger partial charge in [0, 0.05) is 11.1 Å². The number of nitrogens with one attached hydrogen (secondary N) is 3. The van der Waals surface area contributed by atoms with E-state index in [0.717, 1.165) is 18.2 Å². The Hall–Kier alpha value is -5.26. The lowest BCUT2D eigenvalue weighted by Crippen LogP contribution is -2.43. The van der Waals surface area contributed by atoms with Crippen molar-refractivity contribution in [2.45, 2.75) is 0 Å². The van der Waals surface area contributed by atoms with Crippen molar-refractivity contribution >= 4 is 17.9 Å². The number of hydrogen-bond donors (Lipinski definition) is 4. The molecule has 1 aromatic heterocycles. The second-order valence-corrected chi connectivity index (χ2v) is 7.53. The van der Waals surface area contributed by atoms with E-state index in [4.69, 9.17) is 4.74 Å². The van der Waals surface area contributed by atoms with Gasteiger partial charge in [-0.25, -0.2) is 19.0 Å². The summed E-state index contributed by atoms with van der Waals surface area (Å²) in [5.41, 5.74) is 6.78. The monoisotopic (exact) mass is 507 g/mol. The summed E-state index contributed by atoms with van der Waals surface area (Å²) in [6.45, 7) is 0. The maximum Gasteiger partial charge on any atom is 0.425 e. The fourth-order valence-electron chi connectivity index (χ4n) is 3.60. The van der Waals surface area contributed by atoms with Crippen molar-refractivity contribution in [3.63, 3.8) is 0 Å². The van der Waals surface area contributed by atoms with Crippen molar-refractivity contribution in [3.8, 4) is 28.1 Å². The lowest BCUT2D eigenvalue weighted by molar-refractivity contribution is 0.0840. The van der Waals surface area contributed by atoms with E-state index in [1.165, 1.54) is 43.5 Å². The maximum atomic E-state index is 14.1. The molecule has 12 heteroatoms. The fraction of sp³-hybridized carbons (Fsp3) is 0.0400. The summed E-state index contributed by atoms with van der Waals surface area (Å²) in [6, 6.07) is 16.5. The molecule has 0 radical (unpaired) electrons. The Labute approximate surface area is 208 Å². The van der Waals surface area contributed by atoms with E-state index in [0.29, 0.717) is 10.4 Å². The number of para-hydroxylation sites is 1. The third-order valence-electron chi connectivity index (χ3n) is 5.17. The number of carbonyl (C=O) groups excluding carboxylic acids is 2. The Bertz CT molecular complexity index is 1490. The van der Waals surface area contributed by atoms with E-state index in [9.17, 15) is 28.3 Å². The zero-order valence-electron chi connectivity index (χ0n) is 19.2. The average molecular weight is 507 g/mol. The van der Waals surface area contributed by atoms with Gasteiger partial charge >= 0.3 is 6.09 Å². The molecule has 0 unspecified atom stereocenters. The number of amides is 3. The minimum atomic E-state index is -1.55. The first-order valence-electron chi connectivity index (χ1n) is 10.7. The topological polar surface area (TPSA) is 135 Å². The third-order valence-corrected chi connectivity index (χ3v) is 5.17. The Kier molecular flexibility index (Phi) is 7.09. The minimum absolute atomic E-state index is 0.0314. The molecule has 3 aromatic carbocycles. The van der Waals surface area contributed by atoms with Crippen LogP contribution in [0.4, 0.5) is 13.6 Å². The molecule has 0 bridgehead atoms. The van der Waals surface area contributed by atoms with Crippen LogP contribution in [0, 0.1) is 11.6 Å². The fourth-order valence-corrected chi connectivity index (χ4v) is 3.60. The van der Waals surface area contributed by atoms with Gasteiger partial charge in [-0.2, -0.15) is 9.89 Å². The van der Waals surface area contributed by atoms with Crippen molar-refractivity contribution in [1.29, 1.82) is 0 Å². The first-order chi connectivity index (χ1) is 17.8. The van der Waals surface area contributed by atoms with Crippen LogP contribution in [0.25, 0.3) is 22.4 Å². The largest absolute Gasteiger partial charge is 0.496 e. The van der Waals surface area contributed by atoms with Crippen molar-refractivity contribution in [1.82, 2.24) is 20.7 Å². The van der Waals surface area contributed by atoms with Gasteiger partial charge in [-0.1, -0.05) is 24.3 Å². The molecule has 0 aliphatic carbocycles. The summed E-state index contributed by atoms with van der Waals surface area (Å²) >= 11 is 0. The van der Waals surface area contributed by atoms with Gasteiger partial charge in [-0.05, 0) is 54.1 Å². The van der Waals surface area contributed by atoms with E-state index < -0.39 is 29.5 Å². The van der Waals surface area contributed by atoms with E-state index in [1.54, 1.807) is 18.2 Å². The number of ether oxygens (including phenoxy) is 1. The number of carbonyl (C=O) groups is 3. The summed E-state index contributed by atoms with van der Waals surface area (Å²) in [5, 5.41) is 13.5. The van der Waals surface area contributed by atoms with Crippen LogP contribution in [0.2, 0.25) is 0 Å². The molecule has 0 saturated carbocycles. The van der Waals surface area contributed by atoms with Gasteiger partial charge in [0.25, 0.3) is 11.8 Å². The standard InChI is InChI=1S/C25H19F2N5O5/c1-37-19-8-3-2-7-18(19)23(33)28-29-24(34)22-20(15-5-4-6-17(27)13-15)21(30-32(22)31-25(35)36)14-9-11-16(26)12-10-14/h2-13,31H,1H3,(H,28,33)(H,29,34)(H,35,36). The van der Waals surface area contributed by atoms with E-state index >= 15 is 0 Å². The molecular weight excluding hydrogens is 488 g/mol. The molecule has 1 heterocycles. The Morgan fingerprint density at radius 2 is 1.57 bits per heavy atom. The van der Waals surface area contributed by atoms with E-state index in [2.05, 4.69) is 16.0 Å². The normalized spacial score (nSPS) is 10.5. The van der Waals surface area contributed by atoms with E-state index in [-0.39, 0.29) is 33.8 Å². The molecule has 188 valence electrons. The molecule has 0 fully saturated rings. The third kappa shape index (κ3) is 5.37. The van der Waals surface area contributed by atoms with Crippen LogP contribution in [0.3, 0.4) is 0 Å². The number of hydrazine groups is 1. The molecule has 0 atom stereocenters. The van der Waals surface area contributed by atoms with Crippen LogP contribution in [0.15, 0.2) is 72.8 Å². The molecule has 0 aliphatic heterocycles. The highest BCUT2D eigenvalue weighted by Gasteiger charge is 2.28. The Balaban J connectivity index is 1.80. The van der Waals surface area contributed by atoms with Crippen molar-refractivity contribution in [2.75, 3.05) is 12.5 Å². The van der Waals surface area contributed by atoms with Gasteiger partial charge in [-0.15, -0.1) is 0 Å². The first kappa shape index (κ1) is 24.9. The highest BCUT2D eigenvalue weighted by molar-refractivity contribution is 6.05. The highest BCUT2D eigenvalue weighted by atomic mass is 19.1. The summed E-state index contributed by atoms with van der Waals surface area (Å²) in [7, 11) is 1.38.